The third-order valence-electron chi connectivity index (χ3n) is 4.23. The molecule has 0 fully saturated rings. The van der Waals surface area contributed by atoms with Gasteiger partial charge in [-0.05, 0) is 24.0 Å². The summed E-state index contributed by atoms with van der Waals surface area (Å²) in [5.74, 6) is 0. The molecule has 6 heteroatoms. The third-order valence-corrected chi connectivity index (χ3v) is 4.23. The molecule has 1 amide bonds. The molecule has 0 aliphatic heterocycles. The topological polar surface area (TPSA) is 102 Å². The number of carbonyl (C=O) groups is 1. The van der Waals surface area contributed by atoms with E-state index in [1.165, 1.54) is 0 Å². The molecule has 0 saturated carbocycles. The first kappa shape index (κ1) is 19.9. The molecule has 0 aliphatic carbocycles. The molecule has 0 heterocycles. The summed E-state index contributed by atoms with van der Waals surface area (Å²) in [6, 6.07) is 18.3. The molecule has 3 atom stereocenters. The number of benzene rings is 2. The van der Waals surface area contributed by atoms with E-state index >= 15 is 0 Å². The zero-order valence-corrected chi connectivity index (χ0v) is 14.6. The van der Waals surface area contributed by atoms with Crippen molar-refractivity contribution in [3.8, 4) is 0 Å². The van der Waals surface area contributed by atoms with Crippen LogP contribution in [0.1, 0.15) is 11.1 Å². The maximum Gasteiger partial charge on any atom is 0.404 e. The molecule has 2 aromatic carbocycles. The van der Waals surface area contributed by atoms with Crippen LogP contribution in [0.25, 0.3) is 0 Å². The van der Waals surface area contributed by atoms with E-state index in [-0.39, 0.29) is 19.2 Å². The maximum atomic E-state index is 11.1. The molecule has 6 nitrogen and oxygen atoms in total. The molecule has 0 spiro atoms. The summed E-state index contributed by atoms with van der Waals surface area (Å²) in [5.41, 5.74) is 2.02. The lowest BCUT2D eigenvalue weighted by Crippen LogP contribution is -2.50. The Bertz CT molecular complexity index is 651. The van der Waals surface area contributed by atoms with Gasteiger partial charge in [-0.3, -0.25) is 0 Å². The quantitative estimate of drug-likeness (QED) is 0.442. The fourth-order valence-corrected chi connectivity index (χ4v) is 2.84. The van der Waals surface area contributed by atoms with Gasteiger partial charge in [-0.2, -0.15) is 0 Å². The van der Waals surface area contributed by atoms with Gasteiger partial charge in [0.2, 0.25) is 0 Å². The standard InChI is InChI=1S/C20H26N2O4/c23-14-17(11-15-7-3-1-4-8-15)21-13-19(24)18(22-20(25)26)12-16-9-5-2-6-10-16/h1-10,17-19,21-24H,11-14H2,(H,25,26)/t17-,18+,19-/m1/s1. The van der Waals surface area contributed by atoms with Crippen LogP contribution in [0.2, 0.25) is 0 Å². The average molecular weight is 358 g/mol. The molecule has 0 unspecified atom stereocenters. The molecular formula is C20H26N2O4. The van der Waals surface area contributed by atoms with Crippen molar-refractivity contribution >= 4 is 6.09 Å². The number of carboxylic acid groups (broad SMARTS) is 1. The Morgan fingerprint density at radius 3 is 1.96 bits per heavy atom. The van der Waals surface area contributed by atoms with Crippen molar-refractivity contribution in [3.63, 3.8) is 0 Å². The van der Waals surface area contributed by atoms with Crippen LogP contribution in [0.15, 0.2) is 60.7 Å². The molecular weight excluding hydrogens is 332 g/mol. The van der Waals surface area contributed by atoms with Crippen molar-refractivity contribution in [2.24, 2.45) is 0 Å². The van der Waals surface area contributed by atoms with Gasteiger partial charge in [0, 0.05) is 12.6 Å². The van der Waals surface area contributed by atoms with E-state index in [4.69, 9.17) is 5.11 Å². The fraction of sp³-hybridized carbons (Fsp3) is 0.350. The molecule has 0 aliphatic rings. The molecule has 5 N–H and O–H groups in total. The number of nitrogens with one attached hydrogen (secondary N) is 2. The first-order valence-electron chi connectivity index (χ1n) is 8.68. The van der Waals surface area contributed by atoms with E-state index in [1.807, 2.05) is 60.7 Å². The summed E-state index contributed by atoms with van der Waals surface area (Å²) in [5, 5.41) is 34.6. The Kier molecular flexibility index (Phi) is 8.08. The van der Waals surface area contributed by atoms with Gasteiger partial charge >= 0.3 is 6.09 Å². The summed E-state index contributed by atoms with van der Waals surface area (Å²) in [6.07, 6.45) is -1.08. The second-order valence-electron chi connectivity index (χ2n) is 6.29. The first-order valence-corrected chi connectivity index (χ1v) is 8.68. The highest BCUT2D eigenvalue weighted by atomic mass is 16.4. The van der Waals surface area contributed by atoms with Gasteiger partial charge in [-0.25, -0.2) is 4.79 Å². The van der Waals surface area contributed by atoms with Crippen LogP contribution < -0.4 is 10.6 Å². The van der Waals surface area contributed by atoms with Crippen LogP contribution in [-0.4, -0.2) is 52.8 Å². The molecule has 26 heavy (non-hydrogen) atoms. The van der Waals surface area contributed by atoms with Crippen LogP contribution in [0.4, 0.5) is 4.79 Å². The summed E-state index contributed by atoms with van der Waals surface area (Å²) in [7, 11) is 0. The van der Waals surface area contributed by atoms with E-state index in [0.29, 0.717) is 12.8 Å². The number of hydrogen-bond donors (Lipinski definition) is 5. The highest BCUT2D eigenvalue weighted by Gasteiger charge is 2.22. The van der Waals surface area contributed by atoms with Crippen LogP contribution in [0.5, 0.6) is 0 Å². The Hall–Kier alpha value is -2.41. The van der Waals surface area contributed by atoms with Gasteiger partial charge in [0.25, 0.3) is 0 Å². The summed E-state index contributed by atoms with van der Waals surface area (Å²) in [4.78, 5) is 11.1. The zero-order chi connectivity index (χ0) is 18.8. The fourth-order valence-electron chi connectivity index (χ4n) is 2.84. The number of aliphatic hydroxyl groups excluding tert-OH is 2. The highest BCUT2D eigenvalue weighted by molar-refractivity contribution is 5.65. The first-order chi connectivity index (χ1) is 12.6. The van der Waals surface area contributed by atoms with E-state index in [1.54, 1.807) is 0 Å². The molecule has 0 radical (unpaired) electrons. The van der Waals surface area contributed by atoms with Crippen molar-refractivity contribution in [2.75, 3.05) is 13.2 Å². The predicted molar refractivity (Wildman–Crippen MR) is 100 cm³/mol. The molecule has 0 saturated heterocycles. The van der Waals surface area contributed by atoms with Crippen LogP contribution >= 0.6 is 0 Å². The normalized spacial score (nSPS) is 14.4. The van der Waals surface area contributed by atoms with Crippen LogP contribution in [0.3, 0.4) is 0 Å². The van der Waals surface area contributed by atoms with Crippen molar-refractivity contribution in [1.29, 1.82) is 0 Å². The Labute approximate surface area is 153 Å². The number of rotatable bonds is 10. The lowest BCUT2D eigenvalue weighted by Gasteiger charge is -2.25. The van der Waals surface area contributed by atoms with Crippen molar-refractivity contribution < 1.29 is 20.1 Å². The van der Waals surface area contributed by atoms with Gasteiger partial charge in [0.15, 0.2) is 0 Å². The van der Waals surface area contributed by atoms with Gasteiger partial charge in [0.1, 0.15) is 0 Å². The van der Waals surface area contributed by atoms with Gasteiger partial charge in [0.05, 0.1) is 18.8 Å². The molecule has 2 aromatic rings. The van der Waals surface area contributed by atoms with E-state index in [9.17, 15) is 15.0 Å². The van der Waals surface area contributed by atoms with Gasteiger partial charge in [-0.15, -0.1) is 0 Å². The second kappa shape index (κ2) is 10.6. The van der Waals surface area contributed by atoms with Crippen LogP contribution in [0, 0.1) is 0 Å². The van der Waals surface area contributed by atoms with E-state index in [2.05, 4.69) is 10.6 Å². The molecule has 0 bridgehead atoms. The molecule has 2 rings (SSSR count). The third kappa shape index (κ3) is 6.84. The number of hydrogen-bond acceptors (Lipinski definition) is 4. The minimum Gasteiger partial charge on any atom is -0.465 e. The monoisotopic (exact) mass is 358 g/mol. The number of aliphatic hydroxyl groups is 2. The van der Waals surface area contributed by atoms with Gasteiger partial charge in [-0.1, -0.05) is 60.7 Å². The van der Waals surface area contributed by atoms with Crippen molar-refractivity contribution in [3.05, 3.63) is 71.8 Å². The molecule has 0 aromatic heterocycles. The minimum atomic E-state index is -1.17. The lowest BCUT2D eigenvalue weighted by atomic mass is 10.0. The minimum absolute atomic E-state index is 0.0721. The SMILES string of the molecule is O=C(O)N[C@@H](Cc1ccccc1)[C@H](O)CN[C@@H](CO)Cc1ccccc1. The highest BCUT2D eigenvalue weighted by Crippen LogP contribution is 2.08. The van der Waals surface area contributed by atoms with Crippen molar-refractivity contribution in [1.82, 2.24) is 10.6 Å². The smallest absolute Gasteiger partial charge is 0.404 e. The predicted octanol–water partition coefficient (Wildman–Crippen LogP) is 1.42. The van der Waals surface area contributed by atoms with E-state index < -0.39 is 18.2 Å². The van der Waals surface area contributed by atoms with E-state index in [0.717, 1.165) is 11.1 Å². The summed E-state index contributed by atoms with van der Waals surface area (Å²) in [6.45, 7) is 0.104. The molecule has 140 valence electrons. The van der Waals surface area contributed by atoms with Crippen LogP contribution in [-0.2, 0) is 12.8 Å². The largest absolute Gasteiger partial charge is 0.465 e. The number of amides is 1. The lowest BCUT2D eigenvalue weighted by molar-refractivity contribution is 0.111. The summed E-state index contributed by atoms with van der Waals surface area (Å²) < 4.78 is 0. The summed E-state index contributed by atoms with van der Waals surface area (Å²) >= 11 is 0. The van der Waals surface area contributed by atoms with Gasteiger partial charge < -0.3 is 26.0 Å². The maximum absolute atomic E-state index is 11.1. The Balaban J connectivity index is 1.92. The second-order valence-corrected chi connectivity index (χ2v) is 6.29. The zero-order valence-electron chi connectivity index (χ0n) is 14.6. The Morgan fingerprint density at radius 2 is 1.46 bits per heavy atom. The average Bonchev–Trinajstić information content (AvgIpc) is 2.65. The van der Waals surface area contributed by atoms with Crippen molar-refractivity contribution in [2.45, 2.75) is 31.0 Å². The Morgan fingerprint density at radius 1 is 0.923 bits per heavy atom.